The first-order valence-corrected chi connectivity index (χ1v) is 4.76. The first-order chi connectivity index (χ1) is 6.18. The summed E-state index contributed by atoms with van der Waals surface area (Å²) in [4.78, 5) is 12.0. The van der Waals surface area contributed by atoms with E-state index in [1.807, 2.05) is 6.07 Å². The molecule has 0 heterocycles. The number of benzene rings is 1. The van der Waals surface area contributed by atoms with Gasteiger partial charge in [-0.15, -0.1) is 12.6 Å². The van der Waals surface area contributed by atoms with Gasteiger partial charge in [-0.05, 0) is 42.5 Å². The zero-order valence-electron chi connectivity index (χ0n) is 7.16. The average molecular weight is 193 g/mol. The van der Waals surface area contributed by atoms with Gasteiger partial charge in [0.05, 0.1) is 0 Å². The summed E-state index contributed by atoms with van der Waals surface area (Å²) in [7, 11) is 0. The van der Waals surface area contributed by atoms with Crippen LogP contribution in [0.2, 0.25) is 0 Å². The minimum absolute atomic E-state index is 0.338. The second-order valence-electron chi connectivity index (χ2n) is 3.41. The number of thiol groups is 1. The molecule has 1 aromatic rings. The van der Waals surface area contributed by atoms with Crippen LogP contribution in [0.3, 0.4) is 0 Å². The van der Waals surface area contributed by atoms with Gasteiger partial charge in [0.1, 0.15) is 0 Å². The molecule has 0 aromatic heterocycles. The summed E-state index contributed by atoms with van der Waals surface area (Å²) in [5, 5.41) is 0. The zero-order chi connectivity index (χ0) is 9.42. The Kier molecular flexibility index (Phi) is 2.04. The molecule has 68 valence electrons. The van der Waals surface area contributed by atoms with Crippen LogP contribution in [0.5, 0.6) is 0 Å². The summed E-state index contributed by atoms with van der Waals surface area (Å²) in [6.45, 7) is 0. The maximum Gasteiger partial charge on any atom is 0.248 e. The number of nitrogens with two attached hydrogens (primary N) is 1. The second-order valence-corrected chi connectivity index (χ2v) is 3.93. The maximum absolute atomic E-state index is 11.1. The molecule has 1 saturated carbocycles. The lowest BCUT2D eigenvalue weighted by Crippen LogP contribution is -2.13. The van der Waals surface area contributed by atoms with Gasteiger partial charge >= 0.3 is 0 Å². The third-order valence-corrected chi connectivity index (χ3v) is 2.60. The van der Waals surface area contributed by atoms with Gasteiger partial charge < -0.3 is 5.73 Å². The molecule has 1 aliphatic carbocycles. The van der Waals surface area contributed by atoms with E-state index in [0.29, 0.717) is 11.5 Å². The third-order valence-electron chi connectivity index (χ3n) is 2.32. The normalized spacial score (nSPS) is 15.8. The van der Waals surface area contributed by atoms with Gasteiger partial charge in [0, 0.05) is 10.5 Å². The van der Waals surface area contributed by atoms with Crippen LogP contribution in [0.25, 0.3) is 0 Å². The van der Waals surface area contributed by atoms with E-state index in [9.17, 15) is 4.79 Å². The Balaban J connectivity index is 2.47. The van der Waals surface area contributed by atoms with Crippen LogP contribution in [0.4, 0.5) is 0 Å². The Morgan fingerprint density at radius 3 is 2.69 bits per heavy atom. The first-order valence-electron chi connectivity index (χ1n) is 4.31. The van der Waals surface area contributed by atoms with Gasteiger partial charge in [0.2, 0.25) is 5.91 Å². The molecular formula is C10H11NOS. The largest absolute Gasteiger partial charge is 0.366 e. The summed E-state index contributed by atoms with van der Waals surface area (Å²) >= 11 is 4.24. The molecule has 13 heavy (non-hydrogen) atoms. The lowest BCUT2D eigenvalue weighted by atomic mass is 10.0. The van der Waals surface area contributed by atoms with E-state index in [2.05, 4.69) is 12.6 Å². The molecule has 2 N–H and O–H groups in total. The van der Waals surface area contributed by atoms with Crippen LogP contribution in [-0.4, -0.2) is 5.91 Å². The fraction of sp³-hybridized carbons (Fsp3) is 0.300. The molecule has 0 unspecified atom stereocenters. The number of hydrogen-bond acceptors (Lipinski definition) is 2. The van der Waals surface area contributed by atoms with Crippen LogP contribution < -0.4 is 5.73 Å². The SMILES string of the molecule is NC(=O)c1ccc(S)cc1C1CC1. The number of primary amides is 1. The molecule has 0 bridgehead atoms. The molecule has 0 radical (unpaired) electrons. The predicted octanol–water partition coefficient (Wildman–Crippen LogP) is 1.95. The van der Waals surface area contributed by atoms with Crippen LogP contribution in [0, 0.1) is 0 Å². The van der Waals surface area contributed by atoms with Gasteiger partial charge in [0.25, 0.3) is 0 Å². The number of amides is 1. The monoisotopic (exact) mass is 193 g/mol. The Bertz CT molecular complexity index is 358. The van der Waals surface area contributed by atoms with Crippen molar-refractivity contribution in [1.82, 2.24) is 0 Å². The Hall–Kier alpha value is -0.960. The molecular weight excluding hydrogens is 182 g/mol. The lowest BCUT2D eigenvalue weighted by molar-refractivity contribution is 0.0999. The predicted molar refractivity (Wildman–Crippen MR) is 54.2 cm³/mol. The number of carbonyl (C=O) groups excluding carboxylic acids is 1. The molecule has 0 saturated heterocycles. The van der Waals surface area contributed by atoms with E-state index in [-0.39, 0.29) is 5.91 Å². The summed E-state index contributed by atoms with van der Waals surface area (Å²) < 4.78 is 0. The summed E-state index contributed by atoms with van der Waals surface area (Å²) in [5.41, 5.74) is 6.99. The highest BCUT2D eigenvalue weighted by Crippen LogP contribution is 2.42. The minimum atomic E-state index is -0.338. The molecule has 0 spiro atoms. The third kappa shape index (κ3) is 1.70. The topological polar surface area (TPSA) is 43.1 Å². The maximum atomic E-state index is 11.1. The van der Waals surface area contributed by atoms with Crippen LogP contribution in [0.1, 0.15) is 34.7 Å². The van der Waals surface area contributed by atoms with Gasteiger partial charge in [-0.25, -0.2) is 0 Å². The molecule has 1 amide bonds. The fourth-order valence-electron chi connectivity index (χ4n) is 1.51. The Morgan fingerprint density at radius 2 is 2.15 bits per heavy atom. The first kappa shape index (κ1) is 8.63. The van der Waals surface area contributed by atoms with E-state index in [1.165, 1.54) is 0 Å². The van der Waals surface area contributed by atoms with E-state index < -0.39 is 0 Å². The minimum Gasteiger partial charge on any atom is -0.366 e. The van der Waals surface area contributed by atoms with Crippen LogP contribution >= 0.6 is 12.6 Å². The highest BCUT2D eigenvalue weighted by Gasteiger charge is 2.27. The van der Waals surface area contributed by atoms with Crippen molar-refractivity contribution in [3.8, 4) is 0 Å². The van der Waals surface area contributed by atoms with Crippen LogP contribution in [-0.2, 0) is 0 Å². The molecule has 1 fully saturated rings. The molecule has 0 atom stereocenters. The van der Waals surface area contributed by atoms with Gasteiger partial charge in [-0.2, -0.15) is 0 Å². The fourth-order valence-corrected chi connectivity index (χ4v) is 1.72. The van der Waals surface area contributed by atoms with Crippen molar-refractivity contribution in [2.75, 3.05) is 0 Å². The van der Waals surface area contributed by atoms with Crippen molar-refractivity contribution in [3.05, 3.63) is 29.3 Å². The van der Waals surface area contributed by atoms with Crippen molar-refractivity contribution in [3.63, 3.8) is 0 Å². The van der Waals surface area contributed by atoms with Crippen molar-refractivity contribution in [2.24, 2.45) is 5.73 Å². The molecule has 2 rings (SSSR count). The van der Waals surface area contributed by atoms with Gasteiger partial charge in [0.15, 0.2) is 0 Å². The molecule has 2 nitrogen and oxygen atoms in total. The highest BCUT2D eigenvalue weighted by molar-refractivity contribution is 7.80. The van der Waals surface area contributed by atoms with Gasteiger partial charge in [-0.3, -0.25) is 4.79 Å². The smallest absolute Gasteiger partial charge is 0.248 e. The van der Waals surface area contributed by atoms with Gasteiger partial charge in [-0.1, -0.05) is 0 Å². The summed E-state index contributed by atoms with van der Waals surface area (Å²) in [6.07, 6.45) is 2.33. The number of hydrogen-bond donors (Lipinski definition) is 2. The van der Waals surface area contributed by atoms with E-state index in [1.54, 1.807) is 12.1 Å². The summed E-state index contributed by atoms with van der Waals surface area (Å²) in [5.74, 6) is 0.199. The molecule has 3 heteroatoms. The number of rotatable bonds is 2. The molecule has 1 aliphatic rings. The average Bonchev–Trinajstić information content (AvgIpc) is 2.85. The van der Waals surface area contributed by atoms with Crippen molar-refractivity contribution in [1.29, 1.82) is 0 Å². The Morgan fingerprint density at radius 1 is 1.46 bits per heavy atom. The highest BCUT2D eigenvalue weighted by atomic mass is 32.1. The van der Waals surface area contributed by atoms with Crippen LogP contribution in [0.15, 0.2) is 23.1 Å². The van der Waals surface area contributed by atoms with E-state index >= 15 is 0 Å². The standard InChI is InChI=1S/C10H11NOS/c11-10(12)8-4-3-7(13)5-9(8)6-1-2-6/h3-6,13H,1-2H2,(H2,11,12). The molecule has 0 aliphatic heterocycles. The second kappa shape index (κ2) is 3.07. The van der Waals surface area contributed by atoms with Crippen molar-refractivity contribution < 1.29 is 4.79 Å². The quantitative estimate of drug-likeness (QED) is 0.693. The lowest BCUT2D eigenvalue weighted by Gasteiger charge is -2.05. The number of carbonyl (C=O) groups is 1. The van der Waals surface area contributed by atoms with E-state index in [4.69, 9.17) is 5.73 Å². The summed E-state index contributed by atoms with van der Waals surface area (Å²) in [6, 6.07) is 5.51. The Labute approximate surface area is 82.5 Å². The zero-order valence-corrected chi connectivity index (χ0v) is 8.05. The van der Waals surface area contributed by atoms with Crippen molar-refractivity contribution >= 4 is 18.5 Å². The molecule has 1 aromatic carbocycles. The van der Waals surface area contributed by atoms with Crippen molar-refractivity contribution in [2.45, 2.75) is 23.7 Å². The van der Waals surface area contributed by atoms with E-state index in [0.717, 1.165) is 23.3 Å².